The van der Waals surface area contributed by atoms with E-state index in [1.165, 1.54) is 12.1 Å². The highest BCUT2D eigenvalue weighted by Crippen LogP contribution is 2.31. The molecule has 0 heterocycles. The number of ketones is 1. The second-order valence-corrected chi connectivity index (χ2v) is 4.70. The maximum Gasteiger partial charge on any atom is 0.573 e. The van der Waals surface area contributed by atoms with E-state index < -0.39 is 12.1 Å². The summed E-state index contributed by atoms with van der Waals surface area (Å²) in [5.41, 5.74) is 0.187. The fourth-order valence-corrected chi connectivity index (χ4v) is 1.80. The number of carbonyl (C=O) groups is 1. The van der Waals surface area contributed by atoms with Crippen LogP contribution in [-0.4, -0.2) is 17.5 Å². The zero-order chi connectivity index (χ0) is 13.1. The molecular formula is C10H7Br2F3O2. The molecular weight excluding hydrogens is 369 g/mol. The number of carbonyl (C=O) groups excluding carboxylic acids is 1. The van der Waals surface area contributed by atoms with Gasteiger partial charge in [-0.15, -0.1) is 13.2 Å². The van der Waals surface area contributed by atoms with Crippen LogP contribution in [0.2, 0.25) is 0 Å². The van der Waals surface area contributed by atoms with Crippen LogP contribution < -0.4 is 4.74 Å². The molecule has 17 heavy (non-hydrogen) atoms. The first-order valence-corrected chi connectivity index (χ1v) is 6.39. The number of Topliss-reactive ketones (excluding diaryl/α,β-unsaturated/α-hetero) is 1. The highest BCUT2D eigenvalue weighted by Gasteiger charge is 2.32. The van der Waals surface area contributed by atoms with Gasteiger partial charge >= 0.3 is 6.36 Å². The molecule has 1 rings (SSSR count). The highest BCUT2D eigenvalue weighted by molar-refractivity contribution is 9.10. The minimum Gasteiger partial charge on any atom is -0.405 e. The fourth-order valence-electron chi connectivity index (χ4n) is 1.11. The van der Waals surface area contributed by atoms with Crippen LogP contribution in [0.5, 0.6) is 5.75 Å². The van der Waals surface area contributed by atoms with Gasteiger partial charge in [-0.3, -0.25) is 4.79 Å². The van der Waals surface area contributed by atoms with Crippen molar-refractivity contribution in [3.63, 3.8) is 0 Å². The second kappa shape index (κ2) is 5.86. The normalized spacial score (nSPS) is 11.4. The molecule has 0 bridgehead atoms. The lowest BCUT2D eigenvalue weighted by Crippen LogP contribution is -2.17. The molecule has 0 unspecified atom stereocenters. The first kappa shape index (κ1) is 14.5. The van der Waals surface area contributed by atoms with E-state index in [1.807, 2.05) is 0 Å². The third-order valence-electron chi connectivity index (χ3n) is 1.80. The second-order valence-electron chi connectivity index (χ2n) is 3.06. The van der Waals surface area contributed by atoms with Crippen molar-refractivity contribution in [1.82, 2.24) is 0 Å². The van der Waals surface area contributed by atoms with Crippen LogP contribution in [0.15, 0.2) is 22.7 Å². The molecule has 0 atom stereocenters. The Balaban J connectivity index is 2.98. The maximum atomic E-state index is 12.1. The average molecular weight is 376 g/mol. The first-order chi connectivity index (χ1) is 7.83. The van der Waals surface area contributed by atoms with Gasteiger partial charge in [0.25, 0.3) is 0 Å². The van der Waals surface area contributed by atoms with Gasteiger partial charge in [-0.1, -0.05) is 22.0 Å². The van der Waals surface area contributed by atoms with Gasteiger partial charge in [0.15, 0.2) is 5.78 Å². The molecule has 7 heteroatoms. The third-order valence-corrected chi connectivity index (χ3v) is 2.85. The molecule has 0 saturated carbocycles. The van der Waals surface area contributed by atoms with Gasteiger partial charge in [0.2, 0.25) is 0 Å². The lowest BCUT2D eigenvalue weighted by Gasteiger charge is -2.11. The number of halogens is 5. The summed E-state index contributed by atoms with van der Waals surface area (Å²) in [4.78, 5) is 11.5. The standard InChI is InChI=1S/C10H7Br2F3O2/c11-4-3-8(16)6-1-2-7(12)9(5-6)17-10(13,14)15/h1-2,5H,3-4H2. The molecule has 0 N–H and O–H groups in total. The predicted molar refractivity (Wildman–Crippen MR) is 63.6 cm³/mol. The van der Waals surface area contributed by atoms with Gasteiger partial charge < -0.3 is 4.74 Å². The molecule has 1 aromatic carbocycles. The Hall–Kier alpha value is -0.560. The fraction of sp³-hybridized carbons (Fsp3) is 0.300. The predicted octanol–water partition coefficient (Wildman–Crippen LogP) is 4.32. The van der Waals surface area contributed by atoms with Crippen molar-refractivity contribution < 1.29 is 22.7 Å². The lowest BCUT2D eigenvalue weighted by molar-refractivity contribution is -0.274. The summed E-state index contributed by atoms with van der Waals surface area (Å²) in [5, 5.41) is 0.456. The number of rotatable bonds is 4. The Bertz CT molecular complexity index is 419. The van der Waals surface area contributed by atoms with E-state index in [0.717, 1.165) is 6.07 Å². The summed E-state index contributed by atoms with van der Waals surface area (Å²) >= 11 is 6.01. The van der Waals surface area contributed by atoms with Crippen LogP contribution in [0, 0.1) is 0 Å². The smallest absolute Gasteiger partial charge is 0.405 e. The van der Waals surface area contributed by atoms with Crippen molar-refractivity contribution in [2.24, 2.45) is 0 Å². The minimum atomic E-state index is -4.78. The van der Waals surface area contributed by atoms with Gasteiger partial charge in [-0.2, -0.15) is 0 Å². The van der Waals surface area contributed by atoms with E-state index in [-0.39, 0.29) is 22.2 Å². The maximum absolute atomic E-state index is 12.1. The van der Waals surface area contributed by atoms with E-state index in [0.29, 0.717) is 5.33 Å². The summed E-state index contributed by atoms with van der Waals surface area (Å²) in [5.74, 6) is -0.667. The Kier molecular flexibility index (Phi) is 5.00. The van der Waals surface area contributed by atoms with Crippen LogP contribution >= 0.6 is 31.9 Å². The molecule has 0 saturated heterocycles. The molecule has 0 aliphatic carbocycles. The van der Waals surface area contributed by atoms with Crippen molar-refractivity contribution in [3.8, 4) is 5.75 Å². The van der Waals surface area contributed by atoms with Gasteiger partial charge in [0.05, 0.1) is 4.47 Å². The van der Waals surface area contributed by atoms with Crippen molar-refractivity contribution in [2.75, 3.05) is 5.33 Å². The Labute approximate surface area is 112 Å². The van der Waals surface area contributed by atoms with E-state index in [4.69, 9.17) is 0 Å². The van der Waals surface area contributed by atoms with E-state index in [9.17, 15) is 18.0 Å². The van der Waals surface area contributed by atoms with E-state index in [1.54, 1.807) is 0 Å². The number of benzene rings is 1. The SMILES string of the molecule is O=C(CCBr)c1ccc(Br)c(OC(F)(F)F)c1. The molecule has 94 valence electrons. The molecule has 2 nitrogen and oxygen atoms in total. The zero-order valence-electron chi connectivity index (χ0n) is 8.35. The van der Waals surface area contributed by atoms with Crippen LogP contribution in [0.3, 0.4) is 0 Å². The van der Waals surface area contributed by atoms with E-state index in [2.05, 4.69) is 36.6 Å². The van der Waals surface area contributed by atoms with Gasteiger partial charge in [0.1, 0.15) is 5.75 Å². The number of ether oxygens (including phenoxy) is 1. The molecule has 0 aliphatic rings. The molecule has 0 aromatic heterocycles. The number of hydrogen-bond donors (Lipinski definition) is 0. The van der Waals surface area contributed by atoms with Gasteiger partial charge in [-0.25, -0.2) is 0 Å². The summed E-state index contributed by atoms with van der Waals surface area (Å²) in [6.45, 7) is 0. The molecule has 0 spiro atoms. The van der Waals surface area contributed by atoms with Crippen LogP contribution in [0.1, 0.15) is 16.8 Å². The topological polar surface area (TPSA) is 26.3 Å². The van der Waals surface area contributed by atoms with Gasteiger partial charge in [0, 0.05) is 17.3 Å². The molecule has 0 aliphatic heterocycles. The lowest BCUT2D eigenvalue weighted by atomic mass is 10.1. The van der Waals surface area contributed by atoms with Crippen LogP contribution in [0.25, 0.3) is 0 Å². The molecule has 0 amide bonds. The molecule has 0 fully saturated rings. The summed E-state index contributed by atoms with van der Waals surface area (Å²) < 4.78 is 40.1. The van der Waals surface area contributed by atoms with Crippen LogP contribution in [-0.2, 0) is 0 Å². The Morgan fingerprint density at radius 2 is 2.00 bits per heavy atom. The van der Waals surface area contributed by atoms with Crippen molar-refractivity contribution >= 4 is 37.6 Å². The average Bonchev–Trinajstić information content (AvgIpc) is 2.19. The summed E-state index contributed by atoms with van der Waals surface area (Å²) in [6.07, 6.45) is -4.56. The molecule has 0 radical (unpaired) electrons. The number of hydrogen-bond acceptors (Lipinski definition) is 2. The third kappa shape index (κ3) is 4.67. The van der Waals surface area contributed by atoms with Gasteiger partial charge in [-0.05, 0) is 28.1 Å². The highest BCUT2D eigenvalue weighted by atomic mass is 79.9. The zero-order valence-corrected chi connectivity index (χ0v) is 11.5. The summed E-state index contributed by atoms with van der Waals surface area (Å²) in [6, 6.07) is 3.86. The number of alkyl halides is 4. The van der Waals surface area contributed by atoms with Crippen molar-refractivity contribution in [2.45, 2.75) is 12.8 Å². The summed E-state index contributed by atoms with van der Waals surface area (Å²) in [7, 11) is 0. The van der Waals surface area contributed by atoms with E-state index >= 15 is 0 Å². The Morgan fingerprint density at radius 1 is 1.35 bits per heavy atom. The quantitative estimate of drug-likeness (QED) is 0.578. The van der Waals surface area contributed by atoms with Crippen molar-refractivity contribution in [3.05, 3.63) is 28.2 Å². The first-order valence-electron chi connectivity index (χ1n) is 4.48. The van der Waals surface area contributed by atoms with Crippen molar-refractivity contribution in [1.29, 1.82) is 0 Å². The molecule has 1 aromatic rings. The van der Waals surface area contributed by atoms with Crippen LogP contribution in [0.4, 0.5) is 13.2 Å². The minimum absolute atomic E-state index is 0.144. The Morgan fingerprint density at radius 3 is 2.53 bits per heavy atom. The largest absolute Gasteiger partial charge is 0.573 e. The monoisotopic (exact) mass is 374 g/mol.